The lowest BCUT2D eigenvalue weighted by molar-refractivity contribution is 0.361. The standard InChI is InChI=1S/C19H11F6NS/c20-12-8-6-11(7-9-12)10-26(13-4-2-1-3-5-13)27-19-17(24)15(22)14(21)16(23)18(19)25/h1-9H,10H2. The van der Waals surface area contributed by atoms with Crippen LogP contribution in [0.3, 0.4) is 0 Å². The van der Waals surface area contributed by atoms with Gasteiger partial charge >= 0.3 is 0 Å². The molecule has 3 aromatic carbocycles. The van der Waals surface area contributed by atoms with Crippen molar-refractivity contribution < 1.29 is 26.3 Å². The van der Waals surface area contributed by atoms with Crippen LogP contribution >= 0.6 is 11.9 Å². The minimum atomic E-state index is -2.21. The first-order valence-electron chi connectivity index (χ1n) is 7.65. The monoisotopic (exact) mass is 399 g/mol. The van der Waals surface area contributed by atoms with Crippen LogP contribution < -0.4 is 4.31 Å². The molecule has 0 saturated heterocycles. The van der Waals surface area contributed by atoms with Crippen molar-refractivity contribution in [2.75, 3.05) is 4.31 Å². The summed E-state index contributed by atoms with van der Waals surface area (Å²) >= 11 is 0.374. The molecule has 27 heavy (non-hydrogen) atoms. The van der Waals surface area contributed by atoms with E-state index in [2.05, 4.69) is 0 Å². The molecule has 0 aliphatic heterocycles. The molecular formula is C19H11F6NS. The van der Waals surface area contributed by atoms with E-state index in [1.807, 2.05) is 0 Å². The molecule has 3 aromatic rings. The number of nitrogens with zero attached hydrogens (tertiary/aromatic N) is 1. The van der Waals surface area contributed by atoms with Crippen LogP contribution in [0.2, 0.25) is 0 Å². The minimum absolute atomic E-state index is 0.0362. The second-order valence-electron chi connectivity index (χ2n) is 5.49. The topological polar surface area (TPSA) is 3.24 Å². The number of hydrogen-bond acceptors (Lipinski definition) is 2. The third-order valence-electron chi connectivity index (χ3n) is 3.65. The van der Waals surface area contributed by atoms with Crippen LogP contribution in [0.25, 0.3) is 0 Å². The van der Waals surface area contributed by atoms with Crippen molar-refractivity contribution in [3.05, 3.63) is 95.1 Å². The highest BCUT2D eigenvalue weighted by Gasteiger charge is 2.28. The molecule has 0 aliphatic rings. The predicted molar refractivity (Wildman–Crippen MR) is 91.1 cm³/mol. The summed E-state index contributed by atoms with van der Waals surface area (Å²) in [5.74, 6) is -10.5. The van der Waals surface area contributed by atoms with E-state index in [4.69, 9.17) is 0 Å². The van der Waals surface area contributed by atoms with Gasteiger partial charge in [-0.2, -0.15) is 0 Å². The molecule has 0 radical (unpaired) electrons. The Hall–Kier alpha value is -2.61. The van der Waals surface area contributed by atoms with Gasteiger partial charge in [0, 0.05) is 5.69 Å². The first kappa shape index (κ1) is 19.2. The normalized spacial score (nSPS) is 10.9. The zero-order valence-electron chi connectivity index (χ0n) is 13.5. The fraction of sp³-hybridized carbons (Fsp3) is 0.0526. The van der Waals surface area contributed by atoms with E-state index >= 15 is 0 Å². The summed E-state index contributed by atoms with van der Waals surface area (Å²) in [7, 11) is 0. The van der Waals surface area contributed by atoms with Crippen molar-refractivity contribution in [1.29, 1.82) is 0 Å². The second kappa shape index (κ2) is 7.96. The third kappa shape index (κ3) is 4.05. The Morgan fingerprint density at radius 3 is 1.70 bits per heavy atom. The quantitative estimate of drug-likeness (QED) is 0.216. The van der Waals surface area contributed by atoms with Crippen molar-refractivity contribution >= 4 is 17.6 Å². The van der Waals surface area contributed by atoms with Crippen LogP contribution in [-0.4, -0.2) is 0 Å². The molecule has 0 spiro atoms. The van der Waals surface area contributed by atoms with Gasteiger partial charge in [0.15, 0.2) is 23.3 Å². The maximum atomic E-state index is 14.1. The van der Waals surface area contributed by atoms with E-state index < -0.39 is 39.8 Å². The summed E-state index contributed by atoms with van der Waals surface area (Å²) < 4.78 is 82.8. The fourth-order valence-corrected chi connectivity index (χ4v) is 3.30. The summed E-state index contributed by atoms with van der Waals surface area (Å²) in [5, 5.41) is 0. The Morgan fingerprint density at radius 1 is 0.630 bits per heavy atom. The van der Waals surface area contributed by atoms with Crippen LogP contribution in [0.4, 0.5) is 32.0 Å². The summed E-state index contributed by atoms with van der Waals surface area (Å²) in [6.45, 7) is 0.0362. The highest BCUT2D eigenvalue weighted by Crippen LogP contribution is 2.36. The van der Waals surface area contributed by atoms with Gasteiger partial charge in [0.2, 0.25) is 5.82 Å². The molecular weight excluding hydrogens is 388 g/mol. The summed E-state index contributed by atoms with van der Waals surface area (Å²) in [6, 6.07) is 13.6. The largest absolute Gasteiger partial charge is 0.308 e. The Labute approximate surface area is 155 Å². The fourth-order valence-electron chi connectivity index (χ4n) is 2.30. The average Bonchev–Trinajstić information content (AvgIpc) is 2.69. The molecule has 8 heteroatoms. The molecule has 0 aromatic heterocycles. The molecule has 140 valence electrons. The van der Waals surface area contributed by atoms with E-state index in [-0.39, 0.29) is 6.54 Å². The van der Waals surface area contributed by atoms with Crippen LogP contribution in [-0.2, 0) is 6.54 Å². The molecule has 0 N–H and O–H groups in total. The van der Waals surface area contributed by atoms with Crippen molar-refractivity contribution in [2.45, 2.75) is 11.4 Å². The van der Waals surface area contributed by atoms with Crippen LogP contribution in [0.5, 0.6) is 0 Å². The van der Waals surface area contributed by atoms with E-state index in [9.17, 15) is 26.3 Å². The van der Waals surface area contributed by atoms with Gasteiger partial charge in [-0.25, -0.2) is 26.3 Å². The molecule has 0 heterocycles. The SMILES string of the molecule is Fc1ccc(CN(Sc2c(F)c(F)c(F)c(F)c2F)c2ccccc2)cc1. The minimum Gasteiger partial charge on any atom is -0.308 e. The number of halogens is 6. The molecule has 3 rings (SSSR count). The van der Waals surface area contributed by atoms with Gasteiger partial charge in [0.05, 0.1) is 6.54 Å². The van der Waals surface area contributed by atoms with Gasteiger partial charge in [0.25, 0.3) is 0 Å². The first-order chi connectivity index (χ1) is 12.9. The van der Waals surface area contributed by atoms with Crippen molar-refractivity contribution in [3.63, 3.8) is 0 Å². The number of para-hydroxylation sites is 1. The molecule has 0 aliphatic carbocycles. The highest BCUT2D eigenvalue weighted by molar-refractivity contribution is 8.00. The third-order valence-corrected chi connectivity index (χ3v) is 4.76. The van der Waals surface area contributed by atoms with E-state index in [0.717, 1.165) is 0 Å². The molecule has 0 fully saturated rings. The lowest BCUT2D eigenvalue weighted by atomic mass is 10.2. The molecule has 0 unspecified atom stereocenters. The lowest BCUT2D eigenvalue weighted by Crippen LogP contribution is -2.16. The van der Waals surface area contributed by atoms with Gasteiger partial charge in [-0.15, -0.1) is 0 Å². The Kier molecular flexibility index (Phi) is 5.65. The average molecular weight is 399 g/mol. The maximum Gasteiger partial charge on any atom is 0.200 e. The van der Waals surface area contributed by atoms with Crippen molar-refractivity contribution in [3.8, 4) is 0 Å². The molecule has 0 bridgehead atoms. The Morgan fingerprint density at radius 2 is 1.15 bits per heavy atom. The van der Waals surface area contributed by atoms with Crippen LogP contribution in [0, 0.1) is 34.9 Å². The smallest absolute Gasteiger partial charge is 0.200 e. The van der Waals surface area contributed by atoms with Gasteiger partial charge in [-0.1, -0.05) is 30.3 Å². The number of anilines is 1. The first-order valence-corrected chi connectivity index (χ1v) is 8.42. The molecule has 0 amide bonds. The van der Waals surface area contributed by atoms with Crippen molar-refractivity contribution in [1.82, 2.24) is 0 Å². The zero-order valence-corrected chi connectivity index (χ0v) is 14.3. The molecule has 0 atom stereocenters. The predicted octanol–water partition coefficient (Wildman–Crippen LogP) is 6.24. The van der Waals surface area contributed by atoms with E-state index in [1.165, 1.54) is 28.6 Å². The summed E-state index contributed by atoms with van der Waals surface area (Å²) in [5.41, 5.74) is 1.05. The van der Waals surface area contributed by atoms with Crippen molar-refractivity contribution in [2.24, 2.45) is 0 Å². The Balaban J connectivity index is 2.01. The number of rotatable bonds is 5. The van der Waals surface area contributed by atoms with Gasteiger partial charge in [0.1, 0.15) is 10.7 Å². The molecule has 1 nitrogen and oxygen atoms in total. The zero-order chi connectivity index (χ0) is 19.6. The summed E-state index contributed by atoms with van der Waals surface area (Å²) in [6.07, 6.45) is 0. The van der Waals surface area contributed by atoms with Gasteiger partial charge < -0.3 is 4.31 Å². The van der Waals surface area contributed by atoms with Gasteiger partial charge in [-0.3, -0.25) is 0 Å². The van der Waals surface area contributed by atoms with Gasteiger partial charge in [-0.05, 0) is 41.8 Å². The molecule has 0 saturated carbocycles. The number of hydrogen-bond donors (Lipinski definition) is 0. The number of benzene rings is 3. The van der Waals surface area contributed by atoms with Crippen LogP contribution in [0.15, 0.2) is 59.5 Å². The Bertz CT molecular complexity index is 918. The highest BCUT2D eigenvalue weighted by atomic mass is 32.2. The van der Waals surface area contributed by atoms with Crippen LogP contribution in [0.1, 0.15) is 5.56 Å². The van der Waals surface area contributed by atoms with E-state index in [0.29, 0.717) is 23.2 Å². The second-order valence-corrected chi connectivity index (χ2v) is 6.52. The van der Waals surface area contributed by atoms with E-state index in [1.54, 1.807) is 30.3 Å². The summed E-state index contributed by atoms with van der Waals surface area (Å²) in [4.78, 5) is -1.02. The lowest BCUT2D eigenvalue weighted by Gasteiger charge is -2.24. The maximum absolute atomic E-state index is 14.1.